The Morgan fingerprint density at radius 3 is 2.83 bits per heavy atom. The number of ketones is 1. The summed E-state index contributed by atoms with van der Waals surface area (Å²) >= 11 is 0. The van der Waals surface area contributed by atoms with Gasteiger partial charge in [-0.05, 0) is 18.2 Å². The molecule has 1 fully saturated rings. The van der Waals surface area contributed by atoms with Crippen molar-refractivity contribution in [2.45, 2.75) is 12.5 Å². The topological polar surface area (TPSA) is 107 Å². The fraction of sp³-hybridized carbons (Fsp3) is 0.188. The summed E-state index contributed by atoms with van der Waals surface area (Å²) in [6.45, 7) is 0.304. The predicted octanol–water partition coefficient (Wildman–Crippen LogP) is 1.73. The van der Waals surface area contributed by atoms with Gasteiger partial charge in [0.25, 0.3) is 11.6 Å². The normalized spacial score (nSPS) is 18.1. The van der Waals surface area contributed by atoms with Gasteiger partial charge in [-0.25, -0.2) is 4.98 Å². The van der Waals surface area contributed by atoms with Gasteiger partial charge in [-0.3, -0.25) is 19.7 Å². The third-order valence-corrected chi connectivity index (χ3v) is 4.24. The van der Waals surface area contributed by atoms with Crippen molar-refractivity contribution in [3.05, 3.63) is 46.6 Å². The Morgan fingerprint density at radius 2 is 2.08 bits per heavy atom. The minimum Gasteiger partial charge on any atom is -0.353 e. The Morgan fingerprint density at radius 1 is 1.25 bits per heavy atom. The van der Waals surface area contributed by atoms with Crippen molar-refractivity contribution in [3.8, 4) is 0 Å². The molecule has 1 aliphatic heterocycles. The van der Waals surface area contributed by atoms with Gasteiger partial charge >= 0.3 is 0 Å². The number of piperidine rings is 1. The minimum atomic E-state index is -1.06. The number of benzene rings is 1. The highest BCUT2D eigenvalue weighted by Crippen LogP contribution is 2.34. The summed E-state index contributed by atoms with van der Waals surface area (Å²) in [5.74, 6) is -0.642. The SMILES string of the molecule is O=C1CCNC(=O)C1n1c2cc([N+](=O)[O-])ccc2c2cccnc21. The van der Waals surface area contributed by atoms with E-state index in [0.29, 0.717) is 17.7 Å². The molecular formula is C16H12N4O4. The second kappa shape index (κ2) is 5.12. The molecule has 0 saturated carbocycles. The first kappa shape index (κ1) is 14.3. The van der Waals surface area contributed by atoms with Crippen LogP contribution in [0.1, 0.15) is 12.5 Å². The number of nitro groups is 1. The first-order valence-electron chi connectivity index (χ1n) is 7.41. The molecule has 1 amide bonds. The lowest BCUT2D eigenvalue weighted by Gasteiger charge is -2.23. The van der Waals surface area contributed by atoms with Crippen molar-refractivity contribution in [1.82, 2.24) is 14.9 Å². The number of nitrogens with one attached hydrogen (secondary N) is 1. The number of non-ortho nitro benzene ring substituents is 1. The van der Waals surface area contributed by atoms with E-state index in [1.54, 1.807) is 18.3 Å². The zero-order chi connectivity index (χ0) is 16.8. The van der Waals surface area contributed by atoms with E-state index in [4.69, 9.17) is 0 Å². The van der Waals surface area contributed by atoms with Gasteiger partial charge in [-0.1, -0.05) is 0 Å². The molecule has 0 bridgehead atoms. The summed E-state index contributed by atoms with van der Waals surface area (Å²) in [6.07, 6.45) is 1.79. The molecule has 1 N–H and O–H groups in total. The van der Waals surface area contributed by atoms with Crippen LogP contribution < -0.4 is 5.32 Å². The van der Waals surface area contributed by atoms with Crippen LogP contribution >= 0.6 is 0 Å². The van der Waals surface area contributed by atoms with Gasteiger partial charge in [0, 0.05) is 42.1 Å². The predicted molar refractivity (Wildman–Crippen MR) is 85.6 cm³/mol. The number of nitro benzene ring substituents is 1. The minimum absolute atomic E-state index is 0.102. The van der Waals surface area contributed by atoms with Crippen molar-refractivity contribution in [3.63, 3.8) is 0 Å². The lowest BCUT2D eigenvalue weighted by Crippen LogP contribution is -2.43. The first-order chi connectivity index (χ1) is 11.6. The number of amides is 1. The Bertz CT molecular complexity index is 1010. The number of fused-ring (bicyclic) bond motifs is 3. The molecule has 0 aliphatic carbocycles. The maximum Gasteiger partial charge on any atom is 0.271 e. The molecule has 1 atom stereocenters. The third kappa shape index (κ3) is 1.96. The lowest BCUT2D eigenvalue weighted by molar-refractivity contribution is -0.384. The molecule has 0 spiro atoms. The van der Waals surface area contributed by atoms with Crippen LogP contribution in [-0.4, -0.2) is 32.7 Å². The van der Waals surface area contributed by atoms with Crippen LogP contribution in [0.25, 0.3) is 21.9 Å². The van der Waals surface area contributed by atoms with E-state index in [2.05, 4.69) is 10.3 Å². The maximum absolute atomic E-state index is 12.4. The fourth-order valence-corrected chi connectivity index (χ4v) is 3.19. The summed E-state index contributed by atoms with van der Waals surface area (Å²) < 4.78 is 1.51. The van der Waals surface area contributed by atoms with E-state index in [9.17, 15) is 19.7 Å². The van der Waals surface area contributed by atoms with Gasteiger partial charge in [0.15, 0.2) is 11.8 Å². The summed E-state index contributed by atoms with van der Waals surface area (Å²) in [7, 11) is 0. The molecule has 2 aromatic heterocycles. The van der Waals surface area contributed by atoms with Crippen LogP contribution in [0, 0.1) is 10.1 Å². The molecule has 1 saturated heterocycles. The van der Waals surface area contributed by atoms with Crippen molar-refractivity contribution < 1.29 is 14.5 Å². The number of nitrogens with zero attached hydrogens (tertiary/aromatic N) is 3. The second-order valence-corrected chi connectivity index (χ2v) is 5.61. The van der Waals surface area contributed by atoms with Crippen molar-refractivity contribution in [2.75, 3.05) is 6.54 Å². The van der Waals surface area contributed by atoms with Gasteiger partial charge < -0.3 is 9.88 Å². The van der Waals surface area contributed by atoms with Crippen LogP contribution in [0.3, 0.4) is 0 Å². The highest BCUT2D eigenvalue weighted by Gasteiger charge is 2.34. The van der Waals surface area contributed by atoms with E-state index in [1.165, 1.54) is 16.7 Å². The Hall–Kier alpha value is -3.29. The highest BCUT2D eigenvalue weighted by atomic mass is 16.6. The molecule has 3 heterocycles. The molecule has 1 aromatic carbocycles. The van der Waals surface area contributed by atoms with Crippen LogP contribution in [0.15, 0.2) is 36.5 Å². The molecule has 1 aliphatic rings. The molecule has 120 valence electrons. The third-order valence-electron chi connectivity index (χ3n) is 4.24. The molecule has 0 radical (unpaired) electrons. The highest BCUT2D eigenvalue weighted by molar-refractivity contribution is 6.12. The van der Waals surface area contributed by atoms with Gasteiger partial charge in [0.1, 0.15) is 5.65 Å². The summed E-state index contributed by atoms with van der Waals surface area (Å²) in [5, 5.41) is 15.2. The van der Waals surface area contributed by atoms with E-state index >= 15 is 0 Å². The zero-order valence-corrected chi connectivity index (χ0v) is 12.4. The number of carbonyl (C=O) groups excluding carboxylic acids is 2. The van der Waals surface area contributed by atoms with Crippen LogP contribution in [0.4, 0.5) is 5.69 Å². The summed E-state index contributed by atoms with van der Waals surface area (Å²) in [5.41, 5.74) is 0.812. The molecule has 1 unspecified atom stereocenters. The summed E-state index contributed by atoms with van der Waals surface area (Å²) in [4.78, 5) is 39.6. The standard InChI is InChI=1S/C16H12N4O4/c21-13-5-7-18-16(22)14(13)19-12-8-9(20(23)24)3-4-10(12)11-2-1-6-17-15(11)19/h1-4,6,8,14H,5,7H2,(H,18,22). The average molecular weight is 324 g/mol. The van der Waals surface area contributed by atoms with Gasteiger partial charge in [0.05, 0.1) is 10.4 Å². The van der Waals surface area contributed by atoms with Crippen LogP contribution in [0.2, 0.25) is 0 Å². The molecule has 3 aromatic rings. The monoisotopic (exact) mass is 324 g/mol. The van der Waals surface area contributed by atoms with Crippen molar-refractivity contribution in [1.29, 1.82) is 0 Å². The van der Waals surface area contributed by atoms with E-state index in [1.807, 2.05) is 6.07 Å². The largest absolute Gasteiger partial charge is 0.353 e. The number of hydrogen-bond donors (Lipinski definition) is 1. The molecule has 8 nitrogen and oxygen atoms in total. The number of carbonyl (C=O) groups is 2. The number of hydrogen-bond acceptors (Lipinski definition) is 5. The van der Waals surface area contributed by atoms with Crippen molar-refractivity contribution in [2.24, 2.45) is 0 Å². The Labute approximate surface area is 135 Å². The van der Waals surface area contributed by atoms with E-state index in [0.717, 1.165) is 10.8 Å². The van der Waals surface area contributed by atoms with E-state index < -0.39 is 16.9 Å². The zero-order valence-electron chi connectivity index (χ0n) is 12.4. The average Bonchev–Trinajstić information content (AvgIpc) is 2.89. The molecule has 8 heteroatoms. The molecule has 4 rings (SSSR count). The van der Waals surface area contributed by atoms with Gasteiger partial charge in [0.2, 0.25) is 0 Å². The second-order valence-electron chi connectivity index (χ2n) is 5.61. The van der Waals surface area contributed by atoms with Crippen molar-refractivity contribution >= 4 is 39.3 Å². The number of rotatable bonds is 2. The number of aromatic nitrogens is 2. The van der Waals surface area contributed by atoms with Crippen LogP contribution in [0.5, 0.6) is 0 Å². The van der Waals surface area contributed by atoms with Crippen LogP contribution in [-0.2, 0) is 9.59 Å². The quantitative estimate of drug-likeness (QED) is 0.439. The number of pyridine rings is 1. The molecule has 24 heavy (non-hydrogen) atoms. The smallest absolute Gasteiger partial charge is 0.271 e. The number of Topliss-reactive ketones (excluding diaryl/α,β-unsaturated/α-hetero) is 1. The first-order valence-corrected chi connectivity index (χ1v) is 7.41. The summed E-state index contributed by atoms with van der Waals surface area (Å²) in [6, 6.07) is 6.91. The molecular weight excluding hydrogens is 312 g/mol. The maximum atomic E-state index is 12.4. The Kier molecular flexibility index (Phi) is 3.05. The van der Waals surface area contributed by atoms with Gasteiger partial charge in [-0.15, -0.1) is 0 Å². The van der Waals surface area contributed by atoms with E-state index in [-0.39, 0.29) is 17.9 Å². The Balaban J connectivity index is 2.10. The van der Waals surface area contributed by atoms with Gasteiger partial charge in [-0.2, -0.15) is 0 Å². The fourth-order valence-electron chi connectivity index (χ4n) is 3.19. The lowest BCUT2D eigenvalue weighted by atomic mass is 10.0.